The lowest BCUT2D eigenvalue weighted by atomic mass is 9.93. The number of likely N-dealkylation sites (tertiary alicyclic amines) is 1. The Kier molecular flexibility index (Phi) is 4.23. The summed E-state index contributed by atoms with van der Waals surface area (Å²) >= 11 is 0. The number of rotatable bonds is 4. The SMILES string of the molecule is CC(c1ccccc1F)N(C)C1(CN)CCN(C)C1. The number of hydrogen-bond donors (Lipinski definition) is 1. The van der Waals surface area contributed by atoms with Crippen LogP contribution in [0.25, 0.3) is 0 Å². The minimum absolute atomic E-state index is 0.0243. The van der Waals surface area contributed by atoms with Gasteiger partial charge in [-0.25, -0.2) is 4.39 Å². The van der Waals surface area contributed by atoms with E-state index >= 15 is 0 Å². The summed E-state index contributed by atoms with van der Waals surface area (Å²) in [5.41, 5.74) is 6.72. The Labute approximate surface area is 115 Å². The second kappa shape index (κ2) is 5.57. The Morgan fingerprint density at radius 3 is 2.68 bits per heavy atom. The summed E-state index contributed by atoms with van der Waals surface area (Å²) in [6, 6.07) is 7.03. The van der Waals surface area contributed by atoms with Crippen LogP contribution in [0, 0.1) is 5.82 Å². The first-order chi connectivity index (χ1) is 9.00. The van der Waals surface area contributed by atoms with E-state index in [0.717, 1.165) is 25.1 Å². The molecule has 0 amide bonds. The molecular formula is C15H24FN3. The number of benzene rings is 1. The minimum Gasteiger partial charge on any atom is -0.329 e. The molecule has 0 radical (unpaired) electrons. The van der Waals surface area contributed by atoms with Crippen molar-refractivity contribution in [2.75, 3.05) is 33.7 Å². The van der Waals surface area contributed by atoms with Crippen LogP contribution in [-0.4, -0.2) is 49.1 Å². The molecule has 0 saturated carbocycles. The van der Waals surface area contributed by atoms with Crippen molar-refractivity contribution >= 4 is 0 Å². The van der Waals surface area contributed by atoms with Gasteiger partial charge in [-0.2, -0.15) is 0 Å². The predicted octanol–water partition coefficient (Wildman–Crippen LogP) is 1.85. The van der Waals surface area contributed by atoms with Crippen molar-refractivity contribution in [3.63, 3.8) is 0 Å². The lowest BCUT2D eigenvalue weighted by Crippen LogP contribution is -2.54. The van der Waals surface area contributed by atoms with E-state index in [1.54, 1.807) is 6.07 Å². The summed E-state index contributed by atoms with van der Waals surface area (Å²) in [5, 5.41) is 0. The van der Waals surface area contributed by atoms with Gasteiger partial charge in [0.2, 0.25) is 0 Å². The first kappa shape index (κ1) is 14.4. The monoisotopic (exact) mass is 265 g/mol. The van der Waals surface area contributed by atoms with Crippen LogP contribution in [-0.2, 0) is 0 Å². The van der Waals surface area contributed by atoms with Crippen molar-refractivity contribution in [3.8, 4) is 0 Å². The summed E-state index contributed by atoms with van der Waals surface area (Å²) in [5.74, 6) is -0.139. The number of nitrogens with zero attached hydrogens (tertiary/aromatic N) is 2. The van der Waals surface area contributed by atoms with E-state index in [-0.39, 0.29) is 17.4 Å². The molecule has 0 spiro atoms. The van der Waals surface area contributed by atoms with E-state index in [0.29, 0.717) is 6.54 Å². The first-order valence-corrected chi connectivity index (χ1v) is 6.86. The minimum atomic E-state index is -0.139. The molecule has 2 rings (SSSR count). The fourth-order valence-electron chi connectivity index (χ4n) is 3.09. The second-order valence-electron chi connectivity index (χ2n) is 5.72. The maximum atomic E-state index is 13.9. The molecule has 1 fully saturated rings. The highest BCUT2D eigenvalue weighted by Crippen LogP contribution is 2.33. The van der Waals surface area contributed by atoms with Crippen molar-refractivity contribution < 1.29 is 4.39 Å². The molecule has 1 aliphatic rings. The van der Waals surface area contributed by atoms with Gasteiger partial charge in [0.25, 0.3) is 0 Å². The summed E-state index contributed by atoms with van der Waals surface area (Å²) < 4.78 is 13.9. The van der Waals surface area contributed by atoms with Gasteiger partial charge in [-0.1, -0.05) is 18.2 Å². The molecule has 2 unspecified atom stereocenters. The Hall–Kier alpha value is -0.970. The van der Waals surface area contributed by atoms with Gasteiger partial charge in [0.1, 0.15) is 5.82 Å². The molecule has 0 bridgehead atoms. The molecule has 106 valence electrons. The predicted molar refractivity (Wildman–Crippen MR) is 76.5 cm³/mol. The molecule has 1 heterocycles. The fourth-order valence-corrected chi connectivity index (χ4v) is 3.09. The van der Waals surface area contributed by atoms with Crippen molar-refractivity contribution in [2.24, 2.45) is 5.73 Å². The molecule has 4 heteroatoms. The van der Waals surface area contributed by atoms with Crippen molar-refractivity contribution in [3.05, 3.63) is 35.6 Å². The van der Waals surface area contributed by atoms with Crippen molar-refractivity contribution in [1.82, 2.24) is 9.80 Å². The van der Waals surface area contributed by atoms with E-state index in [4.69, 9.17) is 5.73 Å². The topological polar surface area (TPSA) is 32.5 Å². The zero-order chi connectivity index (χ0) is 14.0. The smallest absolute Gasteiger partial charge is 0.127 e. The third-order valence-electron chi connectivity index (χ3n) is 4.59. The highest BCUT2D eigenvalue weighted by atomic mass is 19.1. The zero-order valence-electron chi connectivity index (χ0n) is 12.1. The third-order valence-corrected chi connectivity index (χ3v) is 4.59. The van der Waals surface area contributed by atoms with Crippen LogP contribution >= 0.6 is 0 Å². The standard InChI is InChI=1S/C15H24FN3/c1-12(13-6-4-5-7-14(13)16)19(3)15(10-17)8-9-18(2)11-15/h4-7,12H,8-11,17H2,1-3H3. The van der Waals surface area contributed by atoms with Crippen molar-refractivity contribution in [1.29, 1.82) is 0 Å². The Balaban J connectivity index is 2.23. The van der Waals surface area contributed by atoms with Gasteiger partial charge in [-0.15, -0.1) is 0 Å². The van der Waals surface area contributed by atoms with Gasteiger partial charge >= 0.3 is 0 Å². The summed E-state index contributed by atoms with van der Waals surface area (Å²) in [7, 11) is 4.17. The van der Waals surface area contributed by atoms with Crippen molar-refractivity contribution in [2.45, 2.75) is 24.9 Å². The summed E-state index contributed by atoms with van der Waals surface area (Å²) in [6.45, 7) is 4.64. The molecular weight excluding hydrogens is 241 g/mol. The molecule has 0 aliphatic carbocycles. The van der Waals surface area contributed by atoms with Crippen LogP contribution in [0.5, 0.6) is 0 Å². The molecule has 1 aliphatic heterocycles. The van der Waals surface area contributed by atoms with Gasteiger partial charge in [0, 0.05) is 30.2 Å². The average Bonchev–Trinajstić information content (AvgIpc) is 2.80. The number of likely N-dealkylation sites (N-methyl/N-ethyl adjacent to an activating group) is 2. The van der Waals surface area contributed by atoms with Gasteiger partial charge in [-0.05, 0) is 40.1 Å². The quantitative estimate of drug-likeness (QED) is 0.902. The highest BCUT2D eigenvalue weighted by molar-refractivity contribution is 5.21. The number of halogens is 1. The van der Waals surface area contributed by atoms with Crippen LogP contribution in [0.15, 0.2) is 24.3 Å². The van der Waals surface area contributed by atoms with Crippen LogP contribution < -0.4 is 5.73 Å². The lowest BCUT2D eigenvalue weighted by Gasteiger charge is -2.42. The van der Waals surface area contributed by atoms with E-state index in [9.17, 15) is 4.39 Å². The van der Waals surface area contributed by atoms with Gasteiger partial charge in [-0.3, -0.25) is 4.90 Å². The number of nitrogens with two attached hydrogens (primary N) is 1. The van der Waals surface area contributed by atoms with E-state index in [1.807, 2.05) is 19.1 Å². The van der Waals surface area contributed by atoms with E-state index < -0.39 is 0 Å². The van der Waals surface area contributed by atoms with Gasteiger partial charge in [0.15, 0.2) is 0 Å². The Morgan fingerprint density at radius 1 is 1.47 bits per heavy atom. The van der Waals surface area contributed by atoms with E-state index in [2.05, 4.69) is 23.9 Å². The van der Waals surface area contributed by atoms with Crippen LogP contribution in [0.1, 0.15) is 24.9 Å². The fraction of sp³-hybridized carbons (Fsp3) is 0.600. The molecule has 19 heavy (non-hydrogen) atoms. The lowest BCUT2D eigenvalue weighted by molar-refractivity contribution is 0.0904. The molecule has 1 aromatic carbocycles. The maximum Gasteiger partial charge on any atom is 0.127 e. The number of hydrogen-bond acceptors (Lipinski definition) is 3. The summed E-state index contributed by atoms with van der Waals surface area (Å²) in [6.07, 6.45) is 1.04. The third kappa shape index (κ3) is 2.66. The molecule has 2 atom stereocenters. The van der Waals surface area contributed by atoms with Crippen LogP contribution in [0.3, 0.4) is 0 Å². The van der Waals surface area contributed by atoms with Gasteiger partial charge < -0.3 is 10.6 Å². The highest BCUT2D eigenvalue weighted by Gasteiger charge is 2.41. The molecule has 0 aromatic heterocycles. The van der Waals surface area contributed by atoms with E-state index in [1.165, 1.54) is 6.07 Å². The molecule has 2 N–H and O–H groups in total. The average molecular weight is 265 g/mol. The second-order valence-corrected chi connectivity index (χ2v) is 5.72. The molecule has 1 aromatic rings. The maximum absolute atomic E-state index is 13.9. The largest absolute Gasteiger partial charge is 0.329 e. The van der Waals surface area contributed by atoms with Gasteiger partial charge in [0.05, 0.1) is 0 Å². The normalized spacial score (nSPS) is 26.0. The van der Waals surface area contributed by atoms with Crippen LogP contribution in [0.2, 0.25) is 0 Å². The summed E-state index contributed by atoms with van der Waals surface area (Å²) in [4.78, 5) is 4.53. The molecule has 1 saturated heterocycles. The Morgan fingerprint density at radius 2 is 2.16 bits per heavy atom. The Bertz CT molecular complexity index is 437. The van der Waals surface area contributed by atoms with Crippen LogP contribution in [0.4, 0.5) is 4.39 Å². The zero-order valence-corrected chi connectivity index (χ0v) is 12.1. The first-order valence-electron chi connectivity index (χ1n) is 6.86. The molecule has 3 nitrogen and oxygen atoms in total.